The van der Waals surface area contributed by atoms with Crippen molar-refractivity contribution < 1.29 is 19.0 Å². The molecule has 1 heterocycles. The first-order chi connectivity index (χ1) is 17.6. The Morgan fingerprint density at radius 1 is 1.06 bits per heavy atom. The maximum absolute atomic E-state index is 12.7. The number of anilines is 1. The van der Waals surface area contributed by atoms with E-state index in [-0.39, 0.29) is 5.57 Å². The lowest BCUT2D eigenvalue weighted by Crippen LogP contribution is -2.13. The average Bonchev–Trinajstić information content (AvgIpc) is 3.39. The van der Waals surface area contributed by atoms with Crippen LogP contribution in [0.1, 0.15) is 48.6 Å². The van der Waals surface area contributed by atoms with Crippen molar-refractivity contribution in [2.75, 3.05) is 25.6 Å². The number of hydrogen-bond acceptors (Lipinski definition) is 8. The Morgan fingerprint density at radius 3 is 2.50 bits per heavy atom. The molecule has 2 aromatic carbocycles. The zero-order chi connectivity index (χ0) is 25.2. The Bertz CT molecular complexity index is 1230. The molecule has 0 saturated heterocycles. The van der Waals surface area contributed by atoms with E-state index in [1.807, 2.05) is 36.4 Å². The van der Waals surface area contributed by atoms with Crippen LogP contribution in [-0.4, -0.2) is 36.4 Å². The molecular formula is C27H28N4O4S. The monoisotopic (exact) mass is 504 g/mol. The molecule has 0 aliphatic heterocycles. The summed E-state index contributed by atoms with van der Waals surface area (Å²) in [6, 6.07) is 16.5. The first-order valence-corrected chi connectivity index (χ1v) is 12.7. The highest BCUT2D eigenvalue weighted by molar-refractivity contribution is 7.15. The van der Waals surface area contributed by atoms with Crippen LogP contribution in [-0.2, 0) is 4.79 Å². The Morgan fingerprint density at radius 2 is 1.78 bits per heavy atom. The lowest BCUT2D eigenvalue weighted by atomic mass is 9.90. The predicted octanol–water partition coefficient (Wildman–Crippen LogP) is 5.60. The van der Waals surface area contributed by atoms with E-state index in [1.54, 1.807) is 25.3 Å². The number of nitriles is 1. The smallest absolute Gasteiger partial charge is 0.268 e. The Kier molecular flexibility index (Phi) is 8.89. The van der Waals surface area contributed by atoms with Crippen molar-refractivity contribution in [1.82, 2.24) is 10.2 Å². The summed E-state index contributed by atoms with van der Waals surface area (Å²) in [4.78, 5) is 12.7. The lowest BCUT2D eigenvalue weighted by molar-refractivity contribution is -0.112. The molecule has 1 N–H and O–H groups in total. The van der Waals surface area contributed by atoms with Crippen molar-refractivity contribution >= 4 is 28.5 Å². The fraction of sp³-hybridized carbons (Fsp3) is 0.333. The molecule has 0 atom stereocenters. The van der Waals surface area contributed by atoms with Crippen LogP contribution in [0.2, 0.25) is 0 Å². The maximum atomic E-state index is 12.7. The van der Waals surface area contributed by atoms with Crippen molar-refractivity contribution in [2.45, 2.75) is 38.0 Å². The Balaban J connectivity index is 1.30. The van der Waals surface area contributed by atoms with E-state index in [4.69, 9.17) is 14.2 Å². The highest BCUT2D eigenvalue weighted by atomic mass is 32.1. The van der Waals surface area contributed by atoms with E-state index in [2.05, 4.69) is 15.5 Å². The van der Waals surface area contributed by atoms with Gasteiger partial charge in [-0.05, 0) is 60.9 Å². The SMILES string of the molecule is COc1ccc(OCCOc2cccc(C=C(C#N)C(=O)Nc3nnc(C4CCCCC4)s3)c2)cc1. The summed E-state index contributed by atoms with van der Waals surface area (Å²) in [6.45, 7) is 0.702. The molecule has 1 amide bonds. The molecule has 0 bridgehead atoms. The molecule has 8 nitrogen and oxygen atoms in total. The van der Waals surface area contributed by atoms with Gasteiger partial charge in [-0.25, -0.2) is 0 Å². The third-order valence-corrected chi connectivity index (χ3v) is 6.83. The molecule has 4 rings (SSSR count). The van der Waals surface area contributed by atoms with E-state index in [1.165, 1.54) is 36.7 Å². The van der Waals surface area contributed by atoms with Gasteiger partial charge in [0.1, 0.15) is 47.1 Å². The minimum atomic E-state index is -0.511. The molecule has 0 unspecified atom stereocenters. The average molecular weight is 505 g/mol. The summed E-state index contributed by atoms with van der Waals surface area (Å²) < 4.78 is 16.6. The predicted molar refractivity (Wildman–Crippen MR) is 138 cm³/mol. The summed E-state index contributed by atoms with van der Waals surface area (Å²) in [5, 5.41) is 22.0. The molecule has 1 aromatic heterocycles. The van der Waals surface area contributed by atoms with Crippen molar-refractivity contribution in [3.63, 3.8) is 0 Å². The fourth-order valence-corrected chi connectivity index (χ4v) is 4.87. The number of nitrogens with one attached hydrogen (secondary N) is 1. The van der Waals surface area contributed by atoms with Gasteiger partial charge in [0, 0.05) is 5.92 Å². The number of carbonyl (C=O) groups is 1. The van der Waals surface area contributed by atoms with Gasteiger partial charge in [0.2, 0.25) is 5.13 Å². The van der Waals surface area contributed by atoms with Gasteiger partial charge < -0.3 is 14.2 Å². The quantitative estimate of drug-likeness (QED) is 0.218. The third-order valence-electron chi connectivity index (χ3n) is 5.83. The molecule has 1 fully saturated rings. The van der Waals surface area contributed by atoms with Crippen LogP contribution >= 0.6 is 11.3 Å². The number of ether oxygens (including phenoxy) is 3. The molecule has 9 heteroatoms. The van der Waals surface area contributed by atoms with Gasteiger partial charge in [-0.15, -0.1) is 10.2 Å². The zero-order valence-corrected chi connectivity index (χ0v) is 20.9. The number of rotatable bonds is 10. The number of amides is 1. The molecule has 3 aromatic rings. The fourth-order valence-electron chi connectivity index (χ4n) is 3.96. The van der Waals surface area contributed by atoms with E-state index in [0.717, 1.165) is 29.3 Å². The Hall–Kier alpha value is -3.90. The highest BCUT2D eigenvalue weighted by Crippen LogP contribution is 2.35. The first-order valence-electron chi connectivity index (χ1n) is 11.9. The molecule has 0 radical (unpaired) electrons. The van der Waals surface area contributed by atoms with Crippen LogP contribution in [0.4, 0.5) is 5.13 Å². The van der Waals surface area contributed by atoms with E-state index in [0.29, 0.717) is 35.6 Å². The van der Waals surface area contributed by atoms with Crippen LogP contribution < -0.4 is 19.5 Å². The van der Waals surface area contributed by atoms with Crippen LogP contribution in [0.15, 0.2) is 54.1 Å². The van der Waals surface area contributed by atoms with Crippen LogP contribution in [0.3, 0.4) is 0 Å². The second-order valence-corrected chi connectivity index (χ2v) is 9.36. The first kappa shape index (κ1) is 25.2. The highest BCUT2D eigenvalue weighted by Gasteiger charge is 2.21. The van der Waals surface area contributed by atoms with Gasteiger partial charge in [0.15, 0.2) is 0 Å². The topological polar surface area (TPSA) is 106 Å². The van der Waals surface area contributed by atoms with Crippen LogP contribution in [0, 0.1) is 11.3 Å². The summed E-state index contributed by atoms with van der Waals surface area (Å²) >= 11 is 1.39. The second-order valence-electron chi connectivity index (χ2n) is 8.35. The summed E-state index contributed by atoms with van der Waals surface area (Å²) in [5.41, 5.74) is 0.653. The van der Waals surface area contributed by atoms with Crippen molar-refractivity contribution in [3.8, 4) is 23.3 Å². The van der Waals surface area contributed by atoms with Gasteiger partial charge in [-0.2, -0.15) is 5.26 Å². The number of hydrogen-bond donors (Lipinski definition) is 1. The molecule has 1 aliphatic carbocycles. The number of aromatic nitrogens is 2. The van der Waals surface area contributed by atoms with Crippen molar-refractivity contribution in [3.05, 3.63) is 64.7 Å². The number of benzene rings is 2. The third kappa shape index (κ3) is 7.06. The van der Waals surface area contributed by atoms with Gasteiger partial charge in [0.25, 0.3) is 5.91 Å². The van der Waals surface area contributed by atoms with Gasteiger partial charge in [0.05, 0.1) is 7.11 Å². The minimum absolute atomic E-state index is 0.0237. The Labute approximate surface area is 214 Å². The lowest BCUT2D eigenvalue weighted by Gasteiger charge is -2.18. The van der Waals surface area contributed by atoms with E-state index >= 15 is 0 Å². The standard InChI is InChI=1S/C27H28N4O4S/c1-33-22-10-12-23(13-11-22)34-14-15-35-24-9-5-6-19(17-24)16-21(18-28)25(32)29-27-31-30-26(36-27)20-7-3-2-4-8-20/h5-6,9-13,16-17,20H,2-4,7-8,14-15H2,1H3,(H,29,31,32). The molecule has 1 aliphatic rings. The normalized spacial score (nSPS) is 14.1. The molecule has 36 heavy (non-hydrogen) atoms. The van der Waals surface area contributed by atoms with Crippen molar-refractivity contribution in [1.29, 1.82) is 5.26 Å². The van der Waals surface area contributed by atoms with Gasteiger partial charge in [-0.1, -0.05) is 42.7 Å². The van der Waals surface area contributed by atoms with Gasteiger partial charge >= 0.3 is 0 Å². The largest absolute Gasteiger partial charge is 0.497 e. The summed E-state index contributed by atoms with van der Waals surface area (Å²) in [6.07, 6.45) is 7.41. The summed E-state index contributed by atoms with van der Waals surface area (Å²) in [7, 11) is 1.62. The van der Waals surface area contributed by atoms with E-state index in [9.17, 15) is 10.1 Å². The summed E-state index contributed by atoms with van der Waals surface area (Å²) in [5.74, 6) is 2.00. The molecular weight excluding hydrogens is 476 g/mol. The second kappa shape index (κ2) is 12.7. The van der Waals surface area contributed by atoms with Crippen LogP contribution in [0.25, 0.3) is 6.08 Å². The number of nitrogens with zero attached hydrogens (tertiary/aromatic N) is 3. The maximum Gasteiger partial charge on any atom is 0.268 e. The van der Waals surface area contributed by atoms with Crippen molar-refractivity contribution in [2.24, 2.45) is 0 Å². The molecule has 186 valence electrons. The molecule has 0 spiro atoms. The number of methoxy groups -OCH3 is 1. The number of carbonyl (C=O) groups excluding carboxylic acids is 1. The minimum Gasteiger partial charge on any atom is -0.497 e. The van der Waals surface area contributed by atoms with Gasteiger partial charge in [-0.3, -0.25) is 10.1 Å². The van der Waals surface area contributed by atoms with Crippen LogP contribution in [0.5, 0.6) is 17.2 Å². The zero-order valence-electron chi connectivity index (χ0n) is 20.1. The molecule has 1 saturated carbocycles. The van der Waals surface area contributed by atoms with E-state index < -0.39 is 5.91 Å².